The van der Waals surface area contributed by atoms with E-state index in [1.165, 1.54) is 35.9 Å². The molecule has 41 heavy (non-hydrogen) atoms. The second-order valence-electron chi connectivity index (χ2n) is 9.54. The molecular weight excluding hydrogens is 532 g/mol. The maximum Gasteiger partial charge on any atom is 0.251 e. The van der Waals surface area contributed by atoms with Crippen molar-refractivity contribution in [2.24, 2.45) is 7.05 Å². The van der Waals surface area contributed by atoms with Crippen LogP contribution < -0.4 is 21.1 Å². The highest BCUT2D eigenvalue weighted by atomic mass is 19.2. The third-order valence-corrected chi connectivity index (χ3v) is 6.98. The number of pyridine rings is 1. The van der Waals surface area contributed by atoms with Crippen molar-refractivity contribution in [3.8, 4) is 11.1 Å². The molecule has 2 amide bonds. The van der Waals surface area contributed by atoms with Crippen LogP contribution in [0.25, 0.3) is 22.2 Å². The first kappa shape index (κ1) is 27.4. The van der Waals surface area contributed by atoms with Gasteiger partial charge < -0.3 is 25.0 Å². The molecule has 0 aliphatic carbocycles. The van der Waals surface area contributed by atoms with E-state index >= 15 is 8.78 Å². The summed E-state index contributed by atoms with van der Waals surface area (Å²) in [4.78, 5) is 48.2. The molecule has 1 saturated heterocycles. The van der Waals surface area contributed by atoms with Gasteiger partial charge in [0.15, 0.2) is 11.6 Å². The van der Waals surface area contributed by atoms with E-state index < -0.39 is 11.6 Å². The van der Waals surface area contributed by atoms with Crippen molar-refractivity contribution in [2.45, 2.75) is 6.92 Å². The molecule has 2 aromatic heterocycles. The summed E-state index contributed by atoms with van der Waals surface area (Å²) in [5.41, 5.74) is 2.02. The zero-order valence-electron chi connectivity index (χ0n) is 22.4. The number of carbonyl (C=O) groups is 2. The number of amides is 2. The lowest BCUT2D eigenvalue weighted by molar-refractivity contribution is -0.129. The number of fused-ring (bicyclic) bond motifs is 1. The van der Waals surface area contributed by atoms with Crippen LogP contribution in [-0.4, -0.2) is 57.4 Å². The van der Waals surface area contributed by atoms with Crippen molar-refractivity contribution in [3.63, 3.8) is 0 Å². The minimum atomic E-state index is -1.09. The summed E-state index contributed by atoms with van der Waals surface area (Å²) in [6, 6.07) is 11.2. The topological polar surface area (TPSA) is 112 Å². The highest BCUT2D eigenvalue weighted by Gasteiger charge is 2.24. The van der Waals surface area contributed by atoms with Crippen LogP contribution in [0.5, 0.6) is 0 Å². The van der Waals surface area contributed by atoms with Crippen LogP contribution in [0.3, 0.4) is 0 Å². The summed E-state index contributed by atoms with van der Waals surface area (Å²) in [7, 11) is 1.58. The van der Waals surface area contributed by atoms with Gasteiger partial charge in [0, 0.05) is 57.5 Å². The monoisotopic (exact) mass is 559 g/mol. The van der Waals surface area contributed by atoms with E-state index in [4.69, 9.17) is 0 Å². The minimum absolute atomic E-state index is 0.00497. The normalized spacial score (nSPS) is 13.3. The highest BCUT2D eigenvalue weighted by Crippen LogP contribution is 2.31. The lowest BCUT2D eigenvalue weighted by Gasteiger charge is -2.35. The van der Waals surface area contributed by atoms with E-state index in [0.29, 0.717) is 54.0 Å². The van der Waals surface area contributed by atoms with Gasteiger partial charge in [0.2, 0.25) is 17.8 Å². The molecule has 3 heterocycles. The standard InChI is InChI=1S/C29H27F2N7O3/c1-4-24(40)33-19-7-5-6-18(14-19)20-15-25(41)36(3)23-16-32-29(35-28(20)23)34-21-8-9-22(27(31)26(21)30)38-12-10-37(11-13-38)17(2)39/h4-9,14-16H,1,10-13H2,2-3H3,(H,33,40)(H,32,34,35). The molecule has 1 aliphatic heterocycles. The van der Waals surface area contributed by atoms with Crippen LogP contribution in [0.1, 0.15) is 6.92 Å². The van der Waals surface area contributed by atoms with Crippen LogP contribution in [0.2, 0.25) is 0 Å². The number of aryl methyl sites for hydroxylation is 1. The quantitative estimate of drug-likeness (QED) is 0.346. The number of aromatic nitrogens is 3. The second kappa shape index (κ2) is 11.2. The van der Waals surface area contributed by atoms with Crippen LogP contribution in [0, 0.1) is 11.6 Å². The molecule has 2 N–H and O–H groups in total. The number of halogens is 2. The van der Waals surface area contributed by atoms with E-state index in [9.17, 15) is 14.4 Å². The van der Waals surface area contributed by atoms with Gasteiger partial charge in [-0.2, -0.15) is 0 Å². The molecule has 1 aliphatic rings. The van der Waals surface area contributed by atoms with Gasteiger partial charge in [-0.3, -0.25) is 14.4 Å². The van der Waals surface area contributed by atoms with Gasteiger partial charge in [-0.1, -0.05) is 18.7 Å². The Kier molecular flexibility index (Phi) is 7.47. The molecule has 1 fully saturated rings. The fraction of sp³-hybridized carbons (Fsp3) is 0.207. The maximum absolute atomic E-state index is 15.2. The average molecular weight is 560 g/mol. The van der Waals surface area contributed by atoms with E-state index in [0.717, 1.165) is 6.08 Å². The van der Waals surface area contributed by atoms with E-state index in [1.54, 1.807) is 41.1 Å². The Bertz CT molecular complexity index is 1750. The zero-order chi connectivity index (χ0) is 29.3. The van der Waals surface area contributed by atoms with Crippen molar-refractivity contribution in [1.82, 2.24) is 19.4 Å². The Morgan fingerprint density at radius 2 is 1.80 bits per heavy atom. The average Bonchev–Trinajstić information content (AvgIpc) is 2.97. The second-order valence-corrected chi connectivity index (χ2v) is 9.54. The van der Waals surface area contributed by atoms with Crippen molar-refractivity contribution < 1.29 is 18.4 Å². The van der Waals surface area contributed by atoms with Crippen LogP contribution in [-0.2, 0) is 16.6 Å². The van der Waals surface area contributed by atoms with Crippen molar-refractivity contribution >= 4 is 45.9 Å². The van der Waals surface area contributed by atoms with Crippen LogP contribution >= 0.6 is 0 Å². The number of hydrogen-bond donors (Lipinski definition) is 2. The maximum atomic E-state index is 15.2. The van der Waals surface area contributed by atoms with Crippen molar-refractivity contribution in [3.05, 3.63) is 83.3 Å². The smallest absolute Gasteiger partial charge is 0.251 e. The number of carbonyl (C=O) groups excluding carboxylic acids is 2. The van der Waals surface area contributed by atoms with Gasteiger partial charge in [-0.05, 0) is 35.9 Å². The molecule has 12 heteroatoms. The molecule has 0 unspecified atom stereocenters. The van der Waals surface area contributed by atoms with Crippen LogP contribution in [0.15, 0.2) is 66.1 Å². The summed E-state index contributed by atoms with van der Waals surface area (Å²) in [6.07, 6.45) is 2.57. The number of benzene rings is 2. The highest BCUT2D eigenvalue weighted by molar-refractivity contribution is 6.00. The molecule has 0 saturated carbocycles. The molecule has 0 atom stereocenters. The molecular formula is C29H27F2N7O3. The summed E-state index contributed by atoms with van der Waals surface area (Å²) in [5, 5.41) is 5.43. The Balaban J connectivity index is 1.48. The summed E-state index contributed by atoms with van der Waals surface area (Å²) in [6.45, 7) is 6.55. The van der Waals surface area contributed by atoms with Crippen molar-refractivity contribution in [1.29, 1.82) is 0 Å². The number of anilines is 4. The summed E-state index contributed by atoms with van der Waals surface area (Å²) >= 11 is 0. The Morgan fingerprint density at radius 3 is 2.51 bits per heavy atom. The number of rotatable bonds is 6. The molecule has 210 valence electrons. The van der Waals surface area contributed by atoms with Gasteiger partial charge >= 0.3 is 0 Å². The first-order valence-corrected chi connectivity index (χ1v) is 12.8. The summed E-state index contributed by atoms with van der Waals surface area (Å²) < 4.78 is 31.7. The molecule has 5 rings (SSSR count). The fourth-order valence-electron chi connectivity index (χ4n) is 4.73. The number of piperazine rings is 1. The molecule has 4 aromatic rings. The predicted octanol–water partition coefficient (Wildman–Crippen LogP) is 3.81. The molecule has 10 nitrogen and oxygen atoms in total. The number of nitrogens with one attached hydrogen (secondary N) is 2. The summed E-state index contributed by atoms with van der Waals surface area (Å²) in [5.74, 6) is -2.56. The molecule has 0 radical (unpaired) electrons. The van der Waals surface area contributed by atoms with Gasteiger partial charge in [-0.15, -0.1) is 0 Å². The Morgan fingerprint density at radius 1 is 1.05 bits per heavy atom. The van der Waals surface area contributed by atoms with E-state index in [2.05, 4.69) is 27.2 Å². The molecule has 0 spiro atoms. The van der Waals surface area contributed by atoms with Gasteiger partial charge in [0.25, 0.3) is 5.56 Å². The SMILES string of the molecule is C=CC(=O)Nc1cccc(-c2cc(=O)n(C)c3cnc(Nc4ccc(N5CCN(C(C)=O)CC5)c(F)c4F)nc23)c1. The lowest BCUT2D eigenvalue weighted by Crippen LogP contribution is -2.48. The number of hydrogen-bond acceptors (Lipinski definition) is 7. The minimum Gasteiger partial charge on any atom is -0.366 e. The first-order chi connectivity index (χ1) is 19.7. The Hall–Kier alpha value is -5.13. The van der Waals surface area contributed by atoms with Crippen molar-refractivity contribution in [2.75, 3.05) is 41.7 Å². The predicted molar refractivity (Wildman–Crippen MR) is 153 cm³/mol. The lowest BCUT2D eigenvalue weighted by atomic mass is 10.0. The van der Waals surface area contributed by atoms with Gasteiger partial charge in [0.05, 0.1) is 23.1 Å². The molecule has 2 aromatic carbocycles. The first-order valence-electron chi connectivity index (χ1n) is 12.8. The van der Waals surface area contributed by atoms with Gasteiger partial charge in [-0.25, -0.2) is 18.7 Å². The third-order valence-electron chi connectivity index (χ3n) is 6.98. The van der Waals surface area contributed by atoms with Crippen LogP contribution in [0.4, 0.5) is 31.8 Å². The van der Waals surface area contributed by atoms with Gasteiger partial charge in [0.1, 0.15) is 5.52 Å². The fourth-order valence-corrected chi connectivity index (χ4v) is 4.73. The zero-order valence-corrected chi connectivity index (χ0v) is 22.4. The van der Waals surface area contributed by atoms with E-state index in [1.807, 2.05) is 0 Å². The Labute approximate surface area is 233 Å². The number of nitrogens with zero attached hydrogens (tertiary/aromatic N) is 5. The molecule has 0 bridgehead atoms. The van der Waals surface area contributed by atoms with E-state index in [-0.39, 0.29) is 34.7 Å². The largest absolute Gasteiger partial charge is 0.366 e. The third kappa shape index (κ3) is 5.49.